The lowest BCUT2D eigenvalue weighted by molar-refractivity contribution is 0.196. The molecule has 1 unspecified atom stereocenters. The van der Waals surface area contributed by atoms with Crippen LogP contribution in [0.25, 0.3) is 0 Å². The lowest BCUT2D eigenvalue weighted by Gasteiger charge is -2.16. The minimum atomic E-state index is 0.0939. The van der Waals surface area contributed by atoms with Crippen molar-refractivity contribution < 1.29 is 4.79 Å². The monoisotopic (exact) mass is 233 g/mol. The van der Waals surface area contributed by atoms with Crippen LogP contribution in [0.15, 0.2) is 30.3 Å². The number of nitrogens with two attached hydrogens (primary N) is 1. The summed E-state index contributed by atoms with van der Waals surface area (Å²) in [5.74, 6) is 0. The van der Waals surface area contributed by atoms with Crippen LogP contribution in [0.3, 0.4) is 0 Å². The van der Waals surface area contributed by atoms with Crippen molar-refractivity contribution in [2.45, 2.75) is 12.5 Å². The Morgan fingerprint density at radius 1 is 1.35 bits per heavy atom. The van der Waals surface area contributed by atoms with Gasteiger partial charge in [-0.25, -0.2) is 4.79 Å². The summed E-state index contributed by atoms with van der Waals surface area (Å²) in [5.41, 5.74) is 6.90. The Morgan fingerprint density at radius 2 is 2.06 bits per heavy atom. The number of carbonyl (C=O) groups is 1. The number of rotatable bonds is 4. The van der Waals surface area contributed by atoms with E-state index in [1.54, 1.807) is 4.90 Å². The number of likely N-dealkylation sites (N-methyl/N-ethyl adjacent to an activating group) is 1. The third-order valence-electron chi connectivity index (χ3n) is 3.34. The molecular formula is C13H19N3O. The lowest BCUT2D eigenvalue weighted by atomic mass is 10.1. The van der Waals surface area contributed by atoms with Gasteiger partial charge in [-0.2, -0.15) is 0 Å². The van der Waals surface area contributed by atoms with Gasteiger partial charge in [0.15, 0.2) is 0 Å². The second-order valence-corrected chi connectivity index (χ2v) is 4.46. The van der Waals surface area contributed by atoms with Gasteiger partial charge in [0, 0.05) is 26.7 Å². The van der Waals surface area contributed by atoms with Crippen LogP contribution in [0.2, 0.25) is 0 Å². The average molecular weight is 233 g/mol. The molecule has 1 aliphatic rings. The highest BCUT2D eigenvalue weighted by molar-refractivity contribution is 5.76. The Labute approximate surface area is 102 Å². The van der Waals surface area contributed by atoms with Gasteiger partial charge in [0.2, 0.25) is 0 Å². The van der Waals surface area contributed by atoms with Gasteiger partial charge in [-0.15, -0.1) is 0 Å². The van der Waals surface area contributed by atoms with Crippen LogP contribution in [-0.4, -0.2) is 48.6 Å². The van der Waals surface area contributed by atoms with Crippen molar-refractivity contribution in [2.24, 2.45) is 5.73 Å². The highest BCUT2D eigenvalue weighted by atomic mass is 16.2. The highest BCUT2D eigenvalue weighted by Crippen LogP contribution is 2.13. The first kappa shape index (κ1) is 11.9. The van der Waals surface area contributed by atoms with E-state index >= 15 is 0 Å². The Morgan fingerprint density at radius 3 is 2.65 bits per heavy atom. The van der Waals surface area contributed by atoms with Crippen molar-refractivity contribution in [1.82, 2.24) is 9.80 Å². The summed E-state index contributed by atoms with van der Waals surface area (Å²) in [4.78, 5) is 15.5. The van der Waals surface area contributed by atoms with Gasteiger partial charge in [0.1, 0.15) is 0 Å². The maximum Gasteiger partial charge on any atom is 0.320 e. The maximum absolute atomic E-state index is 11.9. The average Bonchev–Trinajstić information content (AvgIpc) is 2.65. The van der Waals surface area contributed by atoms with E-state index in [0.29, 0.717) is 6.54 Å². The van der Waals surface area contributed by atoms with Crippen molar-refractivity contribution in [3.05, 3.63) is 35.9 Å². The van der Waals surface area contributed by atoms with E-state index in [0.717, 1.165) is 19.5 Å². The molecule has 1 aromatic carbocycles. The predicted octanol–water partition coefficient (Wildman–Crippen LogP) is 0.924. The molecule has 0 radical (unpaired) electrons. The largest absolute Gasteiger partial charge is 0.328 e. The van der Waals surface area contributed by atoms with Gasteiger partial charge >= 0.3 is 6.03 Å². The molecule has 17 heavy (non-hydrogen) atoms. The fourth-order valence-electron chi connectivity index (χ4n) is 2.16. The second kappa shape index (κ2) is 5.19. The normalized spacial score (nSPS) is 20.1. The molecule has 0 bridgehead atoms. The number of urea groups is 1. The van der Waals surface area contributed by atoms with E-state index in [2.05, 4.69) is 12.1 Å². The van der Waals surface area contributed by atoms with Crippen LogP contribution in [0.5, 0.6) is 0 Å². The molecule has 4 heteroatoms. The summed E-state index contributed by atoms with van der Waals surface area (Å²) >= 11 is 0. The van der Waals surface area contributed by atoms with Gasteiger partial charge in [-0.05, 0) is 12.0 Å². The molecular weight excluding hydrogens is 214 g/mol. The van der Waals surface area contributed by atoms with Crippen LogP contribution in [-0.2, 0) is 6.42 Å². The van der Waals surface area contributed by atoms with E-state index in [4.69, 9.17) is 5.73 Å². The molecule has 1 saturated heterocycles. The number of hydrogen-bond donors (Lipinski definition) is 1. The van der Waals surface area contributed by atoms with Crippen LogP contribution in [0.1, 0.15) is 5.56 Å². The first-order chi connectivity index (χ1) is 8.22. The van der Waals surface area contributed by atoms with Gasteiger partial charge in [-0.3, -0.25) is 0 Å². The van der Waals surface area contributed by atoms with E-state index in [1.165, 1.54) is 5.56 Å². The first-order valence-corrected chi connectivity index (χ1v) is 5.98. The van der Waals surface area contributed by atoms with E-state index in [1.807, 2.05) is 30.1 Å². The fraction of sp³-hybridized carbons (Fsp3) is 0.462. The molecule has 0 aliphatic carbocycles. The first-order valence-electron chi connectivity index (χ1n) is 5.98. The lowest BCUT2D eigenvalue weighted by Crippen LogP contribution is -2.35. The van der Waals surface area contributed by atoms with Crippen LogP contribution in [0.4, 0.5) is 4.79 Å². The number of nitrogens with zero attached hydrogens (tertiary/aromatic N) is 2. The van der Waals surface area contributed by atoms with E-state index in [9.17, 15) is 4.79 Å². The Bertz CT molecular complexity index is 380. The molecule has 1 aliphatic heterocycles. The minimum Gasteiger partial charge on any atom is -0.328 e. The molecule has 1 aromatic rings. The molecule has 4 nitrogen and oxygen atoms in total. The van der Waals surface area contributed by atoms with E-state index < -0.39 is 0 Å². The van der Waals surface area contributed by atoms with Gasteiger partial charge in [0.25, 0.3) is 0 Å². The molecule has 1 atom stereocenters. The summed E-state index contributed by atoms with van der Waals surface area (Å²) in [7, 11) is 1.82. The summed E-state index contributed by atoms with van der Waals surface area (Å²) < 4.78 is 0. The molecule has 92 valence electrons. The molecule has 0 saturated carbocycles. The number of benzene rings is 1. The topological polar surface area (TPSA) is 49.6 Å². The van der Waals surface area contributed by atoms with Crippen LogP contribution < -0.4 is 5.73 Å². The Kier molecular flexibility index (Phi) is 3.64. The minimum absolute atomic E-state index is 0.0939. The third kappa shape index (κ3) is 2.58. The Hall–Kier alpha value is -1.55. The molecule has 0 aromatic heterocycles. The summed E-state index contributed by atoms with van der Waals surface area (Å²) in [6.07, 6.45) is 0.901. The van der Waals surface area contributed by atoms with Crippen molar-refractivity contribution in [2.75, 3.05) is 26.7 Å². The van der Waals surface area contributed by atoms with Crippen molar-refractivity contribution in [3.63, 3.8) is 0 Å². The summed E-state index contributed by atoms with van der Waals surface area (Å²) in [6.45, 7) is 2.05. The Balaban J connectivity index is 1.90. The molecule has 2 rings (SSSR count). The zero-order chi connectivity index (χ0) is 12.3. The summed E-state index contributed by atoms with van der Waals surface area (Å²) in [5, 5.41) is 0. The van der Waals surface area contributed by atoms with Crippen LogP contribution >= 0.6 is 0 Å². The fourth-order valence-corrected chi connectivity index (χ4v) is 2.16. The maximum atomic E-state index is 11.9. The number of hydrogen-bond acceptors (Lipinski definition) is 2. The predicted molar refractivity (Wildman–Crippen MR) is 67.7 cm³/mol. The van der Waals surface area contributed by atoms with E-state index in [-0.39, 0.29) is 12.1 Å². The van der Waals surface area contributed by atoms with Crippen molar-refractivity contribution in [1.29, 1.82) is 0 Å². The van der Waals surface area contributed by atoms with Gasteiger partial charge in [0.05, 0.1) is 6.04 Å². The smallest absolute Gasteiger partial charge is 0.320 e. The van der Waals surface area contributed by atoms with Crippen molar-refractivity contribution >= 4 is 6.03 Å². The second-order valence-electron chi connectivity index (χ2n) is 4.46. The highest BCUT2D eigenvalue weighted by Gasteiger charge is 2.32. The molecule has 0 spiro atoms. The molecule has 2 N–H and O–H groups in total. The molecule has 2 amide bonds. The zero-order valence-corrected chi connectivity index (χ0v) is 10.2. The quantitative estimate of drug-likeness (QED) is 0.841. The third-order valence-corrected chi connectivity index (χ3v) is 3.34. The summed E-state index contributed by atoms with van der Waals surface area (Å²) in [6, 6.07) is 10.5. The number of carbonyl (C=O) groups excluding carboxylic acids is 1. The number of amides is 2. The van der Waals surface area contributed by atoms with Gasteiger partial charge in [-0.1, -0.05) is 30.3 Å². The zero-order valence-electron chi connectivity index (χ0n) is 10.2. The molecule has 1 heterocycles. The van der Waals surface area contributed by atoms with Crippen LogP contribution in [0, 0.1) is 0 Å². The van der Waals surface area contributed by atoms with Gasteiger partial charge < -0.3 is 15.5 Å². The standard InChI is InChI=1S/C13H19N3O/c1-15-12(9-14)10-16(13(15)17)8-7-11-5-3-2-4-6-11/h2-6,12H,7-10,14H2,1H3. The van der Waals surface area contributed by atoms with Crippen molar-refractivity contribution in [3.8, 4) is 0 Å². The molecule has 1 fully saturated rings. The SMILES string of the molecule is CN1C(=O)N(CCc2ccccc2)CC1CN.